The maximum absolute atomic E-state index is 12.3. The molecule has 0 aliphatic carbocycles. The molecular weight excluding hydrogens is 243 g/mol. The summed E-state index contributed by atoms with van der Waals surface area (Å²) in [5, 5.41) is 3.13. The second-order valence-electron chi connectivity index (χ2n) is 4.12. The van der Waals surface area contributed by atoms with Crippen molar-refractivity contribution in [2.24, 2.45) is 0 Å². The average Bonchev–Trinajstić information content (AvgIpc) is 2.31. The number of benzene rings is 1. The minimum Gasteiger partial charge on any atom is -0.481 e. The zero-order chi connectivity index (χ0) is 13.8. The topological polar surface area (TPSA) is 21.3 Å². The van der Waals surface area contributed by atoms with Gasteiger partial charge in [-0.1, -0.05) is 19.1 Å². The van der Waals surface area contributed by atoms with Gasteiger partial charge in [-0.25, -0.2) is 0 Å². The van der Waals surface area contributed by atoms with Crippen LogP contribution in [0.15, 0.2) is 24.3 Å². The molecule has 2 atom stereocenters. The normalized spacial score (nSPS) is 15.2. The summed E-state index contributed by atoms with van der Waals surface area (Å²) in [6.07, 6.45) is -5.22. The van der Waals surface area contributed by atoms with E-state index in [0.717, 1.165) is 18.9 Å². The summed E-state index contributed by atoms with van der Waals surface area (Å²) in [5.74, 6) is 0.231. The highest BCUT2D eigenvalue weighted by Crippen LogP contribution is 2.26. The number of hydrogen-bond donors (Lipinski definition) is 1. The summed E-state index contributed by atoms with van der Waals surface area (Å²) in [6, 6.07) is 6.90. The molecule has 0 radical (unpaired) electrons. The number of alkyl halides is 3. The summed E-state index contributed by atoms with van der Waals surface area (Å²) >= 11 is 0. The van der Waals surface area contributed by atoms with E-state index in [2.05, 4.69) is 5.32 Å². The van der Waals surface area contributed by atoms with Gasteiger partial charge in [0.25, 0.3) is 0 Å². The Labute approximate surface area is 105 Å². The van der Waals surface area contributed by atoms with Gasteiger partial charge in [-0.3, -0.25) is 0 Å². The van der Waals surface area contributed by atoms with Crippen LogP contribution in [0.2, 0.25) is 0 Å². The van der Waals surface area contributed by atoms with Crippen LogP contribution in [-0.4, -0.2) is 19.3 Å². The van der Waals surface area contributed by atoms with E-state index >= 15 is 0 Å². The maximum atomic E-state index is 12.3. The molecule has 18 heavy (non-hydrogen) atoms. The van der Waals surface area contributed by atoms with Gasteiger partial charge in [0.2, 0.25) is 0 Å². The first kappa shape index (κ1) is 14.8. The number of hydrogen-bond acceptors (Lipinski definition) is 2. The average molecular weight is 261 g/mol. The summed E-state index contributed by atoms with van der Waals surface area (Å²) < 4.78 is 41.8. The highest BCUT2D eigenvalue weighted by Gasteiger charge is 2.37. The zero-order valence-electron chi connectivity index (χ0n) is 10.7. The Morgan fingerprint density at radius 2 is 1.78 bits per heavy atom. The Hall–Kier alpha value is -1.23. The van der Waals surface area contributed by atoms with Crippen LogP contribution in [0.5, 0.6) is 5.75 Å². The zero-order valence-corrected chi connectivity index (χ0v) is 10.7. The molecule has 0 bridgehead atoms. The van der Waals surface area contributed by atoms with Gasteiger partial charge in [0.1, 0.15) is 5.75 Å². The van der Waals surface area contributed by atoms with Crippen molar-refractivity contribution in [3.8, 4) is 5.75 Å². The van der Waals surface area contributed by atoms with E-state index in [1.807, 2.05) is 14.0 Å². The largest absolute Gasteiger partial charge is 0.481 e. The van der Waals surface area contributed by atoms with Crippen molar-refractivity contribution in [3.05, 3.63) is 29.8 Å². The van der Waals surface area contributed by atoms with Gasteiger partial charge < -0.3 is 10.1 Å². The Morgan fingerprint density at radius 3 is 2.17 bits per heavy atom. The molecule has 0 spiro atoms. The van der Waals surface area contributed by atoms with Gasteiger partial charge >= 0.3 is 6.18 Å². The lowest BCUT2D eigenvalue weighted by Gasteiger charge is -2.19. The van der Waals surface area contributed by atoms with Gasteiger partial charge in [-0.05, 0) is 38.1 Å². The van der Waals surface area contributed by atoms with Crippen LogP contribution >= 0.6 is 0 Å². The SMILES string of the molecule is CCC(NC)c1ccc(OC(C)C(F)(F)F)cc1. The minimum atomic E-state index is -4.34. The lowest BCUT2D eigenvalue weighted by molar-refractivity contribution is -0.189. The van der Waals surface area contributed by atoms with Crippen LogP contribution < -0.4 is 10.1 Å². The van der Waals surface area contributed by atoms with E-state index in [1.54, 1.807) is 24.3 Å². The molecule has 0 amide bonds. The fraction of sp³-hybridized carbons (Fsp3) is 0.538. The predicted molar refractivity (Wildman–Crippen MR) is 64.7 cm³/mol. The van der Waals surface area contributed by atoms with Crippen molar-refractivity contribution < 1.29 is 17.9 Å². The molecule has 0 fully saturated rings. The Morgan fingerprint density at radius 1 is 1.22 bits per heavy atom. The summed E-state index contributed by atoms with van der Waals surface area (Å²) in [6.45, 7) is 3.04. The molecule has 1 aromatic carbocycles. The molecule has 0 saturated heterocycles. The molecule has 102 valence electrons. The third kappa shape index (κ3) is 3.91. The molecule has 0 aliphatic heterocycles. The third-order valence-corrected chi connectivity index (χ3v) is 2.81. The minimum absolute atomic E-state index is 0.207. The van der Waals surface area contributed by atoms with Crippen molar-refractivity contribution in [2.75, 3.05) is 7.05 Å². The van der Waals surface area contributed by atoms with E-state index in [0.29, 0.717) is 0 Å². The van der Waals surface area contributed by atoms with E-state index in [1.165, 1.54) is 0 Å². The number of ether oxygens (including phenoxy) is 1. The quantitative estimate of drug-likeness (QED) is 0.872. The molecule has 0 saturated carbocycles. The van der Waals surface area contributed by atoms with Crippen molar-refractivity contribution in [2.45, 2.75) is 38.6 Å². The van der Waals surface area contributed by atoms with Crippen molar-refractivity contribution in [3.63, 3.8) is 0 Å². The lowest BCUT2D eigenvalue weighted by Crippen LogP contribution is -2.31. The smallest absolute Gasteiger partial charge is 0.425 e. The standard InChI is InChI=1S/C13H18F3NO/c1-4-12(17-3)10-5-7-11(8-6-10)18-9(2)13(14,15)16/h5-9,12,17H,4H2,1-3H3. The molecule has 2 unspecified atom stereocenters. The fourth-order valence-electron chi connectivity index (χ4n) is 1.66. The molecule has 1 N–H and O–H groups in total. The van der Waals surface area contributed by atoms with Crippen LogP contribution in [0.1, 0.15) is 31.9 Å². The van der Waals surface area contributed by atoms with Crippen LogP contribution in [-0.2, 0) is 0 Å². The van der Waals surface area contributed by atoms with Gasteiger partial charge in [0.15, 0.2) is 6.10 Å². The van der Waals surface area contributed by atoms with Gasteiger partial charge in [0, 0.05) is 6.04 Å². The molecule has 2 nitrogen and oxygen atoms in total. The molecule has 0 aromatic heterocycles. The van der Waals surface area contributed by atoms with E-state index in [4.69, 9.17) is 4.74 Å². The number of halogens is 3. The third-order valence-electron chi connectivity index (χ3n) is 2.81. The predicted octanol–water partition coefficient (Wildman–Crippen LogP) is 3.69. The van der Waals surface area contributed by atoms with E-state index in [-0.39, 0.29) is 11.8 Å². The van der Waals surface area contributed by atoms with Crippen molar-refractivity contribution in [1.82, 2.24) is 5.32 Å². The Balaban J connectivity index is 2.71. The number of nitrogens with one attached hydrogen (secondary N) is 1. The summed E-state index contributed by atoms with van der Waals surface area (Å²) in [7, 11) is 1.85. The van der Waals surface area contributed by atoms with Crippen LogP contribution in [0.3, 0.4) is 0 Å². The van der Waals surface area contributed by atoms with Crippen molar-refractivity contribution in [1.29, 1.82) is 0 Å². The number of rotatable bonds is 5. The molecule has 5 heteroatoms. The maximum Gasteiger partial charge on any atom is 0.425 e. The van der Waals surface area contributed by atoms with Crippen LogP contribution in [0.25, 0.3) is 0 Å². The molecular formula is C13H18F3NO. The molecule has 0 heterocycles. The van der Waals surface area contributed by atoms with E-state index in [9.17, 15) is 13.2 Å². The Bertz CT molecular complexity index is 357. The van der Waals surface area contributed by atoms with Gasteiger partial charge in [-0.2, -0.15) is 13.2 Å². The lowest BCUT2D eigenvalue weighted by atomic mass is 10.0. The van der Waals surface area contributed by atoms with Crippen molar-refractivity contribution >= 4 is 0 Å². The van der Waals surface area contributed by atoms with Crippen LogP contribution in [0, 0.1) is 0 Å². The molecule has 1 rings (SSSR count). The first-order valence-electron chi connectivity index (χ1n) is 5.89. The fourth-order valence-corrected chi connectivity index (χ4v) is 1.66. The first-order valence-corrected chi connectivity index (χ1v) is 5.89. The Kier molecular flexibility index (Phi) is 5.02. The monoisotopic (exact) mass is 261 g/mol. The summed E-state index contributed by atoms with van der Waals surface area (Å²) in [4.78, 5) is 0. The van der Waals surface area contributed by atoms with Gasteiger partial charge in [-0.15, -0.1) is 0 Å². The highest BCUT2D eigenvalue weighted by atomic mass is 19.4. The first-order chi connectivity index (χ1) is 8.38. The summed E-state index contributed by atoms with van der Waals surface area (Å²) in [5.41, 5.74) is 1.03. The van der Waals surface area contributed by atoms with Crippen LogP contribution in [0.4, 0.5) is 13.2 Å². The second-order valence-corrected chi connectivity index (χ2v) is 4.12. The molecule has 1 aromatic rings. The highest BCUT2D eigenvalue weighted by molar-refractivity contribution is 5.29. The second kappa shape index (κ2) is 6.09. The van der Waals surface area contributed by atoms with E-state index < -0.39 is 12.3 Å². The molecule has 0 aliphatic rings. The van der Waals surface area contributed by atoms with Gasteiger partial charge in [0.05, 0.1) is 0 Å².